The summed E-state index contributed by atoms with van der Waals surface area (Å²) in [5, 5.41) is 0. The fourth-order valence-electron chi connectivity index (χ4n) is 2.17. The summed E-state index contributed by atoms with van der Waals surface area (Å²) in [6.45, 7) is 4.46. The molecule has 2 aliphatic heterocycles. The number of rotatable bonds is 7. The average Bonchev–Trinajstić information content (AvgIpc) is 3.05. The molecule has 2 rings (SSSR count). The van der Waals surface area contributed by atoms with Crippen LogP contribution in [0.3, 0.4) is 0 Å². The summed E-state index contributed by atoms with van der Waals surface area (Å²) in [7, 11) is 0. The SMILES string of the molecule is CCCC[C@@H]1O[C@@H]1[C@@H]1O[C@@H]1CCCC. The van der Waals surface area contributed by atoms with E-state index in [2.05, 4.69) is 13.8 Å². The van der Waals surface area contributed by atoms with Gasteiger partial charge in [-0.2, -0.15) is 0 Å². The first-order chi connectivity index (χ1) is 6.86. The van der Waals surface area contributed by atoms with E-state index in [1.54, 1.807) is 0 Å². The van der Waals surface area contributed by atoms with Crippen molar-refractivity contribution in [1.29, 1.82) is 0 Å². The maximum absolute atomic E-state index is 5.63. The second kappa shape index (κ2) is 4.63. The van der Waals surface area contributed by atoms with Crippen LogP contribution < -0.4 is 0 Å². The molecule has 0 N–H and O–H groups in total. The fraction of sp³-hybridized carbons (Fsp3) is 1.00. The molecule has 0 aromatic rings. The Labute approximate surface area is 87.0 Å². The highest BCUT2D eigenvalue weighted by molar-refractivity contribution is 5.02. The first kappa shape index (κ1) is 10.4. The molecule has 2 aliphatic rings. The first-order valence-electron chi connectivity index (χ1n) is 6.17. The molecule has 0 aliphatic carbocycles. The first-order valence-corrected chi connectivity index (χ1v) is 6.17. The Kier molecular flexibility index (Phi) is 3.45. The summed E-state index contributed by atoms with van der Waals surface area (Å²) in [5.74, 6) is 0. The molecule has 14 heavy (non-hydrogen) atoms. The molecule has 0 bridgehead atoms. The molecule has 0 radical (unpaired) electrons. The van der Waals surface area contributed by atoms with Gasteiger partial charge < -0.3 is 9.47 Å². The zero-order valence-corrected chi connectivity index (χ0v) is 9.37. The van der Waals surface area contributed by atoms with E-state index in [1.807, 2.05) is 0 Å². The minimum Gasteiger partial charge on any atom is -0.367 e. The Morgan fingerprint density at radius 2 is 1.21 bits per heavy atom. The lowest BCUT2D eigenvalue weighted by Gasteiger charge is -1.91. The highest BCUT2D eigenvalue weighted by Crippen LogP contribution is 2.42. The molecule has 2 fully saturated rings. The van der Waals surface area contributed by atoms with Crippen LogP contribution in [0.4, 0.5) is 0 Å². The van der Waals surface area contributed by atoms with Gasteiger partial charge in [0, 0.05) is 0 Å². The minimum absolute atomic E-state index is 0.461. The van der Waals surface area contributed by atoms with Crippen LogP contribution in [-0.2, 0) is 9.47 Å². The Morgan fingerprint density at radius 1 is 0.786 bits per heavy atom. The van der Waals surface area contributed by atoms with E-state index in [9.17, 15) is 0 Å². The molecule has 0 amide bonds. The second-order valence-electron chi connectivity index (χ2n) is 4.56. The normalized spacial score (nSPS) is 39.9. The van der Waals surface area contributed by atoms with E-state index in [0.717, 1.165) is 0 Å². The topological polar surface area (TPSA) is 25.1 Å². The monoisotopic (exact) mass is 198 g/mol. The zero-order valence-electron chi connectivity index (χ0n) is 9.37. The predicted octanol–water partition coefficient (Wildman–Crippen LogP) is 2.90. The third-order valence-corrected chi connectivity index (χ3v) is 3.25. The zero-order chi connectivity index (χ0) is 9.97. The smallest absolute Gasteiger partial charge is 0.113 e. The molecule has 0 spiro atoms. The fourth-order valence-corrected chi connectivity index (χ4v) is 2.17. The van der Waals surface area contributed by atoms with Gasteiger partial charge in [0.15, 0.2) is 0 Å². The average molecular weight is 198 g/mol. The summed E-state index contributed by atoms with van der Waals surface area (Å²) in [6.07, 6.45) is 9.61. The third kappa shape index (κ3) is 2.48. The van der Waals surface area contributed by atoms with Crippen LogP contribution in [0.25, 0.3) is 0 Å². The van der Waals surface area contributed by atoms with Gasteiger partial charge in [-0.3, -0.25) is 0 Å². The number of hydrogen-bond donors (Lipinski definition) is 0. The van der Waals surface area contributed by atoms with Crippen LogP contribution in [0, 0.1) is 0 Å². The quantitative estimate of drug-likeness (QED) is 0.588. The van der Waals surface area contributed by atoms with Crippen molar-refractivity contribution in [2.75, 3.05) is 0 Å². The lowest BCUT2D eigenvalue weighted by atomic mass is 10.1. The molecular weight excluding hydrogens is 176 g/mol. The standard InChI is InChI=1S/C12H22O2/c1-3-5-7-9-11(13-9)12-10(14-12)8-6-4-2/h9-12H,3-8H2,1-2H3/t9-,10+,11-,12+. The van der Waals surface area contributed by atoms with Gasteiger partial charge in [-0.1, -0.05) is 39.5 Å². The van der Waals surface area contributed by atoms with Gasteiger partial charge in [0.1, 0.15) is 12.2 Å². The van der Waals surface area contributed by atoms with Gasteiger partial charge in [-0.25, -0.2) is 0 Å². The summed E-state index contributed by atoms with van der Waals surface area (Å²) < 4.78 is 11.3. The maximum atomic E-state index is 5.63. The van der Waals surface area contributed by atoms with Crippen molar-refractivity contribution in [3.63, 3.8) is 0 Å². The van der Waals surface area contributed by atoms with Crippen molar-refractivity contribution < 1.29 is 9.47 Å². The van der Waals surface area contributed by atoms with Crippen LogP contribution in [0.5, 0.6) is 0 Å². The molecule has 4 atom stereocenters. The van der Waals surface area contributed by atoms with Crippen molar-refractivity contribution in [3.8, 4) is 0 Å². The number of ether oxygens (including phenoxy) is 2. The Hall–Kier alpha value is -0.0800. The molecule has 2 nitrogen and oxygen atoms in total. The summed E-state index contributed by atoms with van der Waals surface area (Å²) in [6, 6.07) is 0. The molecule has 0 aromatic carbocycles. The lowest BCUT2D eigenvalue weighted by Crippen LogP contribution is -2.05. The molecule has 2 saturated heterocycles. The van der Waals surface area contributed by atoms with Gasteiger partial charge in [0.2, 0.25) is 0 Å². The van der Waals surface area contributed by atoms with Crippen molar-refractivity contribution in [2.45, 2.75) is 76.8 Å². The van der Waals surface area contributed by atoms with E-state index in [4.69, 9.17) is 9.47 Å². The van der Waals surface area contributed by atoms with E-state index in [-0.39, 0.29) is 0 Å². The van der Waals surface area contributed by atoms with Crippen LogP contribution >= 0.6 is 0 Å². The van der Waals surface area contributed by atoms with E-state index < -0.39 is 0 Å². The van der Waals surface area contributed by atoms with Gasteiger partial charge in [0.25, 0.3) is 0 Å². The molecule has 0 unspecified atom stereocenters. The highest BCUT2D eigenvalue weighted by atomic mass is 16.7. The largest absolute Gasteiger partial charge is 0.367 e. The van der Waals surface area contributed by atoms with Crippen LogP contribution in [0.1, 0.15) is 52.4 Å². The minimum atomic E-state index is 0.461. The van der Waals surface area contributed by atoms with Crippen molar-refractivity contribution in [1.82, 2.24) is 0 Å². The molecule has 2 heterocycles. The Balaban J connectivity index is 1.56. The maximum Gasteiger partial charge on any atom is 0.113 e. The summed E-state index contributed by atoms with van der Waals surface area (Å²) in [5.41, 5.74) is 0. The number of hydrogen-bond acceptors (Lipinski definition) is 2. The van der Waals surface area contributed by atoms with Gasteiger partial charge >= 0.3 is 0 Å². The molecule has 0 aromatic heterocycles. The van der Waals surface area contributed by atoms with Crippen molar-refractivity contribution in [2.24, 2.45) is 0 Å². The van der Waals surface area contributed by atoms with E-state index in [0.29, 0.717) is 24.4 Å². The number of unbranched alkanes of at least 4 members (excludes halogenated alkanes) is 2. The van der Waals surface area contributed by atoms with Gasteiger partial charge in [-0.05, 0) is 12.8 Å². The van der Waals surface area contributed by atoms with Crippen LogP contribution in [0.15, 0.2) is 0 Å². The van der Waals surface area contributed by atoms with E-state index in [1.165, 1.54) is 38.5 Å². The Morgan fingerprint density at radius 3 is 1.57 bits per heavy atom. The van der Waals surface area contributed by atoms with Crippen molar-refractivity contribution >= 4 is 0 Å². The molecule has 0 saturated carbocycles. The van der Waals surface area contributed by atoms with Crippen molar-refractivity contribution in [3.05, 3.63) is 0 Å². The van der Waals surface area contributed by atoms with Crippen LogP contribution in [-0.4, -0.2) is 24.4 Å². The number of epoxide rings is 2. The summed E-state index contributed by atoms with van der Waals surface area (Å²) >= 11 is 0. The highest BCUT2D eigenvalue weighted by Gasteiger charge is 2.56. The van der Waals surface area contributed by atoms with Gasteiger partial charge in [-0.15, -0.1) is 0 Å². The second-order valence-corrected chi connectivity index (χ2v) is 4.56. The molecule has 82 valence electrons. The molecular formula is C12H22O2. The lowest BCUT2D eigenvalue weighted by molar-refractivity contribution is 0.303. The predicted molar refractivity (Wildman–Crippen MR) is 56.4 cm³/mol. The summed E-state index contributed by atoms with van der Waals surface area (Å²) in [4.78, 5) is 0. The van der Waals surface area contributed by atoms with E-state index >= 15 is 0 Å². The van der Waals surface area contributed by atoms with Gasteiger partial charge in [0.05, 0.1) is 12.2 Å². The van der Waals surface area contributed by atoms with Crippen LogP contribution in [0.2, 0.25) is 0 Å². The third-order valence-electron chi connectivity index (χ3n) is 3.25. The molecule has 2 heteroatoms. The Bertz CT molecular complexity index is 161.